The van der Waals surface area contributed by atoms with Gasteiger partial charge in [-0.15, -0.1) is 0 Å². The number of aryl methyl sites for hydroxylation is 1. The lowest BCUT2D eigenvalue weighted by Gasteiger charge is -2.35. The normalized spacial score (nSPS) is 19.0. The van der Waals surface area contributed by atoms with Gasteiger partial charge in [-0.25, -0.2) is 9.50 Å². The number of aromatic nitrogens is 3. The topological polar surface area (TPSA) is 107 Å². The molecule has 0 aliphatic carbocycles. The first-order valence-corrected chi connectivity index (χ1v) is 14.4. The van der Waals surface area contributed by atoms with E-state index >= 15 is 0 Å². The number of piperidine rings is 1. The minimum absolute atomic E-state index is 0.197. The van der Waals surface area contributed by atoms with Gasteiger partial charge in [-0.2, -0.15) is 5.10 Å². The first-order chi connectivity index (χ1) is 19.9. The van der Waals surface area contributed by atoms with E-state index in [1.807, 2.05) is 30.2 Å². The summed E-state index contributed by atoms with van der Waals surface area (Å²) in [6.07, 6.45) is 7.11. The van der Waals surface area contributed by atoms with Gasteiger partial charge in [0.1, 0.15) is 5.82 Å². The van der Waals surface area contributed by atoms with Gasteiger partial charge in [0.05, 0.1) is 23.0 Å². The summed E-state index contributed by atoms with van der Waals surface area (Å²) in [5, 5.41) is 15.8. The third kappa shape index (κ3) is 5.41. The van der Waals surface area contributed by atoms with Gasteiger partial charge in [0, 0.05) is 60.2 Å². The monoisotopic (exact) mass is 569 g/mol. The summed E-state index contributed by atoms with van der Waals surface area (Å²) in [6, 6.07) is 15.6. The summed E-state index contributed by atoms with van der Waals surface area (Å²) in [6.45, 7) is 4.27. The van der Waals surface area contributed by atoms with Crippen LogP contribution >= 0.6 is 11.6 Å². The summed E-state index contributed by atoms with van der Waals surface area (Å²) in [4.78, 5) is 36.0. The Morgan fingerprint density at radius 1 is 1.07 bits per heavy atom. The highest BCUT2D eigenvalue weighted by atomic mass is 35.5. The maximum Gasteiger partial charge on any atom is 0.256 e. The number of nitrogens with zero attached hydrogens (tertiary/aromatic N) is 5. The molecule has 2 saturated heterocycles. The molecule has 0 radical (unpaired) electrons. The lowest BCUT2D eigenvalue weighted by molar-refractivity contribution is 0.0607. The van der Waals surface area contributed by atoms with Gasteiger partial charge in [-0.1, -0.05) is 29.8 Å². The van der Waals surface area contributed by atoms with Crippen molar-refractivity contribution in [2.75, 3.05) is 29.9 Å². The second-order valence-electron chi connectivity index (χ2n) is 10.8. The predicted octanol–water partition coefficient (Wildman–Crippen LogP) is 5.79. The summed E-state index contributed by atoms with van der Waals surface area (Å²) >= 11 is 6.34. The molecule has 41 heavy (non-hydrogen) atoms. The Balaban J connectivity index is 1.29. The maximum atomic E-state index is 14.1. The van der Waals surface area contributed by atoms with Crippen molar-refractivity contribution in [3.05, 3.63) is 88.2 Å². The summed E-state index contributed by atoms with van der Waals surface area (Å²) < 4.78 is 1.79. The van der Waals surface area contributed by atoms with E-state index in [0.29, 0.717) is 28.4 Å². The van der Waals surface area contributed by atoms with Crippen LogP contribution in [-0.4, -0.2) is 57.2 Å². The summed E-state index contributed by atoms with van der Waals surface area (Å²) in [5.74, 6) is 0.683. The Morgan fingerprint density at radius 2 is 1.90 bits per heavy atom. The van der Waals surface area contributed by atoms with Gasteiger partial charge in [-0.05, 0) is 62.9 Å². The zero-order valence-corrected chi connectivity index (χ0v) is 23.6. The van der Waals surface area contributed by atoms with Crippen molar-refractivity contribution in [2.45, 2.75) is 38.6 Å². The average Bonchev–Trinajstić information content (AvgIpc) is 3.64. The van der Waals surface area contributed by atoms with Crippen molar-refractivity contribution < 1.29 is 9.59 Å². The SMILES string of the molecule is Cc1cn2nc(C3CCCCN3C(=O)c3cc(Cl)ccc3NC(=O)c3ccccc3)cc2nc1N1CCC(C=N)C1. The van der Waals surface area contributed by atoms with Crippen LogP contribution in [0.2, 0.25) is 5.02 Å². The highest BCUT2D eigenvalue weighted by molar-refractivity contribution is 6.31. The molecule has 2 unspecified atom stereocenters. The molecule has 6 rings (SSSR count). The minimum Gasteiger partial charge on any atom is -0.356 e. The van der Waals surface area contributed by atoms with E-state index in [0.717, 1.165) is 61.5 Å². The van der Waals surface area contributed by atoms with E-state index in [1.54, 1.807) is 47.0 Å². The third-order valence-corrected chi connectivity index (χ3v) is 8.22. The fraction of sp³-hybridized carbons (Fsp3) is 0.323. The number of carbonyl (C=O) groups is 2. The number of anilines is 2. The van der Waals surface area contributed by atoms with Crippen LogP contribution in [0.5, 0.6) is 0 Å². The van der Waals surface area contributed by atoms with Crippen LogP contribution in [0.3, 0.4) is 0 Å². The molecule has 2 N–H and O–H groups in total. The number of likely N-dealkylation sites (tertiary alicyclic amines) is 1. The lowest BCUT2D eigenvalue weighted by Crippen LogP contribution is -2.39. The Morgan fingerprint density at radius 3 is 2.68 bits per heavy atom. The molecular weight excluding hydrogens is 538 g/mol. The fourth-order valence-corrected chi connectivity index (χ4v) is 6.01. The number of hydrogen-bond acceptors (Lipinski definition) is 6. The molecule has 4 aromatic rings. The van der Waals surface area contributed by atoms with Crippen molar-refractivity contribution in [3.63, 3.8) is 0 Å². The molecule has 2 aromatic carbocycles. The first-order valence-electron chi connectivity index (χ1n) is 14.0. The van der Waals surface area contributed by atoms with Crippen molar-refractivity contribution in [1.82, 2.24) is 19.5 Å². The van der Waals surface area contributed by atoms with E-state index < -0.39 is 0 Å². The first kappa shape index (κ1) is 27.0. The van der Waals surface area contributed by atoms with Gasteiger partial charge in [0.25, 0.3) is 11.8 Å². The molecule has 2 aliphatic heterocycles. The molecule has 0 bridgehead atoms. The molecule has 0 saturated carbocycles. The molecule has 9 nitrogen and oxygen atoms in total. The van der Waals surface area contributed by atoms with Crippen LogP contribution in [0, 0.1) is 18.3 Å². The molecule has 0 spiro atoms. The zero-order chi connectivity index (χ0) is 28.5. The molecule has 2 fully saturated rings. The van der Waals surface area contributed by atoms with Crippen molar-refractivity contribution in [1.29, 1.82) is 5.41 Å². The fourth-order valence-electron chi connectivity index (χ4n) is 5.84. The Kier molecular flexibility index (Phi) is 7.45. The summed E-state index contributed by atoms with van der Waals surface area (Å²) in [7, 11) is 0. The van der Waals surface area contributed by atoms with Crippen LogP contribution in [0.25, 0.3) is 5.65 Å². The largest absolute Gasteiger partial charge is 0.356 e. The number of halogens is 1. The molecule has 2 amide bonds. The van der Waals surface area contributed by atoms with Crippen LogP contribution in [-0.2, 0) is 0 Å². The molecule has 2 aromatic heterocycles. The van der Waals surface area contributed by atoms with E-state index in [9.17, 15) is 9.59 Å². The van der Waals surface area contributed by atoms with Gasteiger partial charge in [0.15, 0.2) is 5.65 Å². The highest BCUT2D eigenvalue weighted by Crippen LogP contribution is 2.34. The van der Waals surface area contributed by atoms with Gasteiger partial charge in [0.2, 0.25) is 0 Å². The maximum absolute atomic E-state index is 14.1. The molecule has 10 heteroatoms. The quantitative estimate of drug-likeness (QED) is 0.286. The van der Waals surface area contributed by atoms with Crippen LogP contribution in [0.4, 0.5) is 11.5 Å². The smallest absolute Gasteiger partial charge is 0.256 e. The molecule has 4 heterocycles. The van der Waals surface area contributed by atoms with Crippen LogP contribution in [0.15, 0.2) is 60.8 Å². The molecular formula is C31H32ClN7O2. The molecule has 2 atom stereocenters. The van der Waals surface area contributed by atoms with Gasteiger partial charge in [-0.3, -0.25) is 9.59 Å². The highest BCUT2D eigenvalue weighted by Gasteiger charge is 2.32. The van der Waals surface area contributed by atoms with Crippen molar-refractivity contribution in [3.8, 4) is 0 Å². The van der Waals surface area contributed by atoms with Crippen molar-refractivity contribution >= 4 is 46.8 Å². The van der Waals surface area contributed by atoms with E-state index in [-0.39, 0.29) is 23.8 Å². The number of hydrogen-bond donors (Lipinski definition) is 2. The zero-order valence-electron chi connectivity index (χ0n) is 22.9. The van der Waals surface area contributed by atoms with Crippen LogP contribution in [0.1, 0.15) is 63.7 Å². The second-order valence-corrected chi connectivity index (χ2v) is 11.2. The van der Waals surface area contributed by atoms with Crippen LogP contribution < -0.4 is 10.2 Å². The lowest BCUT2D eigenvalue weighted by atomic mass is 9.97. The van der Waals surface area contributed by atoms with Gasteiger partial charge < -0.3 is 20.5 Å². The predicted molar refractivity (Wildman–Crippen MR) is 160 cm³/mol. The van der Waals surface area contributed by atoms with E-state index in [2.05, 4.69) is 10.2 Å². The number of fused-ring (bicyclic) bond motifs is 1. The number of rotatable bonds is 6. The molecule has 2 aliphatic rings. The molecule has 210 valence electrons. The number of amides is 2. The number of benzene rings is 2. The third-order valence-electron chi connectivity index (χ3n) is 7.99. The Bertz CT molecular complexity index is 1620. The minimum atomic E-state index is -0.292. The summed E-state index contributed by atoms with van der Waals surface area (Å²) in [5.41, 5.74) is 3.82. The van der Waals surface area contributed by atoms with E-state index in [1.165, 1.54) is 6.21 Å². The Labute approximate surface area is 243 Å². The second kappa shape index (κ2) is 11.3. The Hall–Kier alpha value is -4.24. The van der Waals surface area contributed by atoms with E-state index in [4.69, 9.17) is 27.1 Å². The average molecular weight is 570 g/mol. The van der Waals surface area contributed by atoms with Gasteiger partial charge >= 0.3 is 0 Å². The number of carbonyl (C=O) groups excluding carboxylic acids is 2. The number of nitrogens with one attached hydrogen (secondary N) is 2. The standard InChI is InChI=1S/C31H32ClN7O2/c1-20-18-39-28(35-29(20)37-14-12-21(17-33)19-37)16-26(36-39)27-9-5-6-13-38(27)31(41)24-15-23(32)10-11-25(24)34-30(40)22-7-3-2-4-8-22/h2-4,7-8,10-11,15-18,21,27,33H,5-6,9,12-14,19H2,1H3,(H,34,40). The van der Waals surface area contributed by atoms with Crippen molar-refractivity contribution in [2.24, 2.45) is 5.92 Å².